The summed E-state index contributed by atoms with van der Waals surface area (Å²) in [7, 11) is 0. The lowest BCUT2D eigenvalue weighted by Gasteiger charge is -2.07. The largest absolute Gasteiger partial charge is 0.449 e. The maximum Gasteiger partial charge on any atom is 0.256 e. The van der Waals surface area contributed by atoms with Crippen molar-refractivity contribution in [2.24, 2.45) is 0 Å². The van der Waals surface area contributed by atoms with E-state index in [1.807, 2.05) is 0 Å². The van der Waals surface area contributed by atoms with Crippen LogP contribution in [0.4, 0.5) is 4.39 Å². The first-order valence-corrected chi connectivity index (χ1v) is 8.21. The van der Waals surface area contributed by atoms with E-state index in [-0.39, 0.29) is 41.9 Å². The Morgan fingerprint density at radius 1 is 1.26 bits per heavy atom. The number of fused-ring (bicyclic) bond motifs is 1. The van der Waals surface area contributed by atoms with Crippen LogP contribution in [0.3, 0.4) is 0 Å². The number of H-pyrrole nitrogens is 1. The molecule has 2 aromatic heterocycles. The fourth-order valence-electron chi connectivity index (χ4n) is 2.57. The van der Waals surface area contributed by atoms with Crippen molar-refractivity contribution in [3.8, 4) is 0 Å². The van der Waals surface area contributed by atoms with Gasteiger partial charge in [0.1, 0.15) is 17.6 Å². The van der Waals surface area contributed by atoms with E-state index in [2.05, 4.69) is 20.6 Å². The van der Waals surface area contributed by atoms with Gasteiger partial charge >= 0.3 is 0 Å². The highest BCUT2D eigenvalue weighted by Crippen LogP contribution is 2.12. The summed E-state index contributed by atoms with van der Waals surface area (Å²) in [5, 5.41) is 5.27. The molecule has 0 radical (unpaired) electrons. The van der Waals surface area contributed by atoms with Crippen molar-refractivity contribution in [3.05, 3.63) is 63.8 Å². The van der Waals surface area contributed by atoms with Gasteiger partial charge in [-0.05, 0) is 12.1 Å². The highest BCUT2D eigenvalue weighted by atomic mass is 19.1. The van der Waals surface area contributed by atoms with Gasteiger partial charge < -0.3 is 20.0 Å². The first kappa shape index (κ1) is 18.3. The minimum Gasteiger partial charge on any atom is -0.449 e. The number of carbonyl (C=O) groups excluding carboxylic acids is 2. The zero-order valence-corrected chi connectivity index (χ0v) is 14.5. The number of nitrogens with zero attached hydrogens (tertiary/aromatic N) is 1. The summed E-state index contributed by atoms with van der Waals surface area (Å²) in [6, 6.07) is 4.07. The number of benzene rings is 1. The summed E-state index contributed by atoms with van der Waals surface area (Å²) in [6.07, 6.45) is 2.65. The molecule has 3 rings (SSSR count). The highest BCUT2D eigenvalue weighted by molar-refractivity contribution is 5.97. The number of aromatic nitrogens is 2. The fourth-order valence-corrected chi connectivity index (χ4v) is 2.57. The summed E-state index contributed by atoms with van der Waals surface area (Å²) in [6.45, 7) is 1.99. The standard InChI is InChI=1S/C18H17FN4O4/c1-10-23-11(9-27-10)7-15(24)20-5-6-21-18(26)13-8-22-16-12(17(13)25)3-2-4-14(16)19/h2-4,8-9H,5-7H2,1H3,(H,20,24)(H,21,26)(H,22,25). The van der Waals surface area contributed by atoms with Crippen LogP contribution in [0.5, 0.6) is 0 Å². The number of amides is 2. The van der Waals surface area contributed by atoms with E-state index in [1.54, 1.807) is 6.92 Å². The molecular weight excluding hydrogens is 355 g/mol. The lowest BCUT2D eigenvalue weighted by molar-refractivity contribution is -0.120. The fraction of sp³-hybridized carbons (Fsp3) is 0.222. The van der Waals surface area contributed by atoms with Crippen LogP contribution in [0.2, 0.25) is 0 Å². The molecule has 0 unspecified atom stereocenters. The van der Waals surface area contributed by atoms with Gasteiger partial charge in [-0.1, -0.05) is 6.07 Å². The Hall–Kier alpha value is -3.49. The first-order valence-electron chi connectivity index (χ1n) is 8.21. The third-order valence-corrected chi connectivity index (χ3v) is 3.85. The second kappa shape index (κ2) is 7.81. The molecule has 0 fully saturated rings. The molecule has 0 aliphatic heterocycles. The van der Waals surface area contributed by atoms with Crippen LogP contribution >= 0.6 is 0 Å². The second-order valence-corrected chi connectivity index (χ2v) is 5.83. The highest BCUT2D eigenvalue weighted by Gasteiger charge is 2.14. The quantitative estimate of drug-likeness (QED) is 0.559. The molecule has 2 heterocycles. The second-order valence-electron chi connectivity index (χ2n) is 5.83. The van der Waals surface area contributed by atoms with E-state index < -0.39 is 17.2 Å². The van der Waals surface area contributed by atoms with Crippen molar-refractivity contribution in [1.82, 2.24) is 20.6 Å². The number of aromatic amines is 1. The lowest BCUT2D eigenvalue weighted by atomic mass is 10.1. The van der Waals surface area contributed by atoms with Crippen molar-refractivity contribution in [2.45, 2.75) is 13.3 Å². The Labute approximate surface area is 152 Å². The van der Waals surface area contributed by atoms with Gasteiger partial charge in [0.05, 0.1) is 17.6 Å². The molecule has 27 heavy (non-hydrogen) atoms. The van der Waals surface area contributed by atoms with Crippen molar-refractivity contribution in [1.29, 1.82) is 0 Å². The summed E-state index contributed by atoms with van der Waals surface area (Å²) in [5.41, 5.74) is -0.123. The Morgan fingerprint density at radius 2 is 2.04 bits per heavy atom. The van der Waals surface area contributed by atoms with Crippen molar-refractivity contribution < 1.29 is 18.4 Å². The van der Waals surface area contributed by atoms with Gasteiger partial charge in [-0.3, -0.25) is 14.4 Å². The predicted molar refractivity (Wildman–Crippen MR) is 94.8 cm³/mol. The molecule has 0 saturated heterocycles. The Kier molecular flexibility index (Phi) is 5.30. The summed E-state index contributed by atoms with van der Waals surface area (Å²) in [4.78, 5) is 42.9. The Balaban J connectivity index is 1.54. The molecule has 9 heteroatoms. The van der Waals surface area contributed by atoms with Crippen molar-refractivity contribution in [3.63, 3.8) is 0 Å². The Bertz CT molecular complexity index is 1060. The van der Waals surface area contributed by atoms with E-state index in [0.29, 0.717) is 11.6 Å². The number of carbonyl (C=O) groups is 2. The first-order chi connectivity index (χ1) is 13.0. The molecular formula is C18H17FN4O4. The molecule has 0 aliphatic rings. The topological polar surface area (TPSA) is 117 Å². The van der Waals surface area contributed by atoms with Crippen LogP contribution < -0.4 is 16.1 Å². The van der Waals surface area contributed by atoms with Crippen LogP contribution in [0.25, 0.3) is 10.9 Å². The van der Waals surface area contributed by atoms with Crippen LogP contribution in [0, 0.1) is 12.7 Å². The number of hydrogen-bond acceptors (Lipinski definition) is 5. The number of oxazole rings is 1. The van der Waals surface area contributed by atoms with Gasteiger partial charge in [-0.25, -0.2) is 9.37 Å². The smallest absolute Gasteiger partial charge is 0.256 e. The van der Waals surface area contributed by atoms with Gasteiger partial charge in [0.25, 0.3) is 5.91 Å². The number of halogens is 1. The number of nitrogens with one attached hydrogen (secondary N) is 3. The molecule has 0 bridgehead atoms. The number of aryl methyl sites for hydroxylation is 1. The summed E-state index contributed by atoms with van der Waals surface area (Å²) in [5.74, 6) is -0.965. The van der Waals surface area contributed by atoms with Crippen LogP contribution in [0.1, 0.15) is 21.9 Å². The van der Waals surface area contributed by atoms with Crippen LogP contribution in [-0.2, 0) is 11.2 Å². The number of para-hydroxylation sites is 1. The van der Waals surface area contributed by atoms with Crippen molar-refractivity contribution in [2.75, 3.05) is 13.1 Å². The zero-order chi connectivity index (χ0) is 19.4. The normalized spacial score (nSPS) is 10.7. The van der Waals surface area contributed by atoms with Gasteiger partial charge in [0, 0.05) is 31.6 Å². The average molecular weight is 372 g/mol. The maximum absolute atomic E-state index is 13.7. The summed E-state index contributed by atoms with van der Waals surface area (Å²) >= 11 is 0. The Morgan fingerprint density at radius 3 is 2.78 bits per heavy atom. The molecule has 0 spiro atoms. The SMILES string of the molecule is Cc1nc(CC(=O)NCCNC(=O)c2c[nH]c3c(F)cccc3c2=O)co1. The molecule has 0 atom stereocenters. The molecule has 140 valence electrons. The third-order valence-electron chi connectivity index (χ3n) is 3.85. The van der Waals surface area contributed by atoms with Gasteiger partial charge in [-0.2, -0.15) is 0 Å². The van der Waals surface area contributed by atoms with E-state index in [9.17, 15) is 18.8 Å². The molecule has 0 aliphatic carbocycles. The lowest BCUT2D eigenvalue weighted by Crippen LogP contribution is -2.37. The minimum atomic E-state index is -0.608. The predicted octanol–water partition coefficient (Wildman–Crippen LogP) is 1.05. The molecule has 0 saturated carbocycles. The van der Waals surface area contributed by atoms with Crippen LogP contribution in [0.15, 0.2) is 39.9 Å². The van der Waals surface area contributed by atoms with Gasteiger partial charge in [0.2, 0.25) is 11.3 Å². The van der Waals surface area contributed by atoms with Crippen LogP contribution in [-0.4, -0.2) is 34.9 Å². The molecule has 3 aromatic rings. The average Bonchev–Trinajstić information content (AvgIpc) is 3.04. The maximum atomic E-state index is 13.7. The van der Waals surface area contributed by atoms with E-state index >= 15 is 0 Å². The van der Waals surface area contributed by atoms with Crippen molar-refractivity contribution >= 4 is 22.7 Å². The molecule has 2 amide bonds. The number of rotatable bonds is 6. The monoisotopic (exact) mass is 372 g/mol. The zero-order valence-electron chi connectivity index (χ0n) is 14.5. The summed E-state index contributed by atoms with van der Waals surface area (Å²) < 4.78 is 18.7. The minimum absolute atomic E-state index is 0.0504. The van der Waals surface area contributed by atoms with E-state index in [1.165, 1.54) is 30.7 Å². The van der Waals surface area contributed by atoms with E-state index in [4.69, 9.17) is 4.42 Å². The van der Waals surface area contributed by atoms with E-state index in [0.717, 1.165) is 0 Å². The molecule has 3 N–H and O–H groups in total. The van der Waals surface area contributed by atoms with Gasteiger partial charge in [-0.15, -0.1) is 0 Å². The number of pyridine rings is 1. The number of hydrogen-bond donors (Lipinski definition) is 3. The molecule has 8 nitrogen and oxygen atoms in total. The van der Waals surface area contributed by atoms with Gasteiger partial charge in [0.15, 0.2) is 5.89 Å². The molecule has 1 aromatic carbocycles. The third kappa shape index (κ3) is 4.20.